The lowest BCUT2D eigenvalue weighted by atomic mass is 10.1. The zero-order chi connectivity index (χ0) is 18.4. The van der Waals surface area contributed by atoms with Gasteiger partial charge in [0.25, 0.3) is 5.69 Å². The number of nitriles is 1. The second kappa shape index (κ2) is 8.37. The van der Waals surface area contributed by atoms with Gasteiger partial charge < -0.3 is 10.5 Å². The maximum atomic E-state index is 10.7. The third-order valence-electron chi connectivity index (χ3n) is 3.20. The molecular formula is C17H12BrN3O3S. The van der Waals surface area contributed by atoms with E-state index >= 15 is 0 Å². The number of benzene rings is 2. The third kappa shape index (κ3) is 5.11. The third-order valence-corrected chi connectivity index (χ3v) is 3.91. The molecule has 2 aromatic carbocycles. The number of ether oxygens (including phenoxy) is 1. The number of thiocarbonyl (C=S) groups is 1. The molecular weight excluding hydrogens is 406 g/mol. The maximum Gasteiger partial charge on any atom is 0.269 e. The van der Waals surface area contributed by atoms with Crippen LogP contribution in [0.4, 0.5) is 5.69 Å². The highest BCUT2D eigenvalue weighted by Gasteiger charge is 2.08. The van der Waals surface area contributed by atoms with Crippen LogP contribution in [0.1, 0.15) is 11.1 Å². The first kappa shape index (κ1) is 18.6. The van der Waals surface area contributed by atoms with E-state index in [0.717, 1.165) is 10.0 Å². The van der Waals surface area contributed by atoms with Gasteiger partial charge in [0.15, 0.2) is 0 Å². The summed E-state index contributed by atoms with van der Waals surface area (Å²) in [6, 6.07) is 13.4. The van der Waals surface area contributed by atoms with E-state index in [9.17, 15) is 10.1 Å². The van der Waals surface area contributed by atoms with Crippen LogP contribution in [-0.2, 0) is 6.61 Å². The number of nitrogens with two attached hydrogens (primary N) is 1. The van der Waals surface area contributed by atoms with Gasteiger partial charge in [-0.3, -0.25) is 10.1 Å². The van der Waals surface area contributed by atoms with Gasteiger partial charge in [-0.05, 0) is 42.0 Å². The Labute approximate surface area is 157 Å². The van der Waals surface area contributed by atoms with E-state index in [4.69, 9.17) is 28.0 Å². The second-order valence-corrected chi connectivity index (χ2v) is 6.28. The number of nitrogens with zero attached hydrogens (tertiary/aromatic N) is 2. The summed E-state index contributed by atoms with van der Waals surface area (Å²) in [6.45, 7) is 0.218. The van der Waals surface area contributed by atoms with Crippen molar-refractivity contribution in [1.29, 1.82) is 5.26 Å². The first-order valence-electron chi connectivity index (χ1n) is 6.98. The molecule has 0 saturated carbocycles. The average molecular weight is 418 g/mol. The summed E-state index contributed by atoms with van der Waals surface area (Å²) < 4.78 is 6.58. The molecule has 0 unspecified atom stereocenters. The standard InChI is InChI=1S/C17H12BrN3O3S/c18-14-3-6-16(12(8-14)7-13(9-19)17(20)25)24-10-11-1-4-15(5-2-11)21(22)23/h1-8H,10H2,(H2,20,25)/b13-7-. The molecule has 2 aromatic rings. The van der Waals surface area contributed by atoms with Crippen molar-refractivity contribution < 1.29 is 9.66 Å². The fraction of sp³-hybridized carbons (Fsp3) is 0.0588. The van der Waals surface area contributed by atoms with Gasteiger partial charge in [0.2, 0.25) is 0 Å². The molecule has 0 aliphatic carbocycles. The van der Waals surface area contributed by atoms with Crippen molar-refractivity contribution in [2.75, 3.05) is 0 Å². The largest absolute Gasteiger partial charge is 0.488 e. The molecule has 8 heteroatoms. The SMILES string of the molecule is N#C/C(=C/c1cc(Br)ccc1OCc1ccc([N+](=O)[O-])cc1)C(N)=S. The molecule has 0 aliphatic heterocycles. The van der Waals surface area contributed by atoms with Crippen LogP contribution in [0.15, 0.2) is 52.5 Å². The van der Waals surface area contributed by atoms with Crippen molar-refractivity contribution in [3.63, 3.8) is 0 Å². The molecule has 0 heterocycles. The Morgan fingerprint density at radius 3 is 2.60 bits per heavy atom. The van der Waals surface area contributed by atoms with Gasteiger partial charge in [-0.2, -0.15) is 5.26 Å². The minimum Gasteiger partial charge on any atom is -0.488 e. The average Bonchev–Trinajstić information content (AvgIpc) is 2.58. The van der Waals surface area contributed by atoms with E-state index < -0.39 is 4.92 Å². The quantitative estimate of drug-likeness (QED) is 0.249. The number of nitro benzene ring substituents is 1. The van der Waals surface area contributed by atoms with Gasteiger partial charge in [0, 0.05) is 22.2 Å². The highest BCUT2D eigenvalue weighted by atomic mass is 79.9. The van der Waals surface area contributed by atoms with Gasteiger partial charge in [-0.25, -0.2) is 0 Å². The summed E-state index contributed by atoms with van der Waals surface area (Å²) in [5.74, 6) is 0.533. The summed E-state index contributed by atoms with van der Waals surface area (Å²) in [7, 11) is 0. The number of nitro groups is 1. The van der Waals surface area contributed by atoms with E-state index in [1.807, 2.05) is 6.07 Å². The molecule has 126 valence electrons. The Kier molecular flexibility index (Phi) is 6.22. The molecule has 0 fully saturated rings. The van der Waals surface area contributed by atoms with Crippen LogP contribution in [0.5, 0.6) is 5.75 Å². The second-order valence-electron chi connectivity index (χ2n) is 4.93. The van der Waals surface area contributed by atoms with Crippen LogP contribution in [0, 0.1) is 21.4 Å². The first-order chi connectivity index (χ1) is 11.9. The summed E-state index contributed by atoms with van der Waals surface area (Å²) in [5, 5.41) is 19.8. The number of rotatable bonds is 6. The van der Waals surface area contributed by atoms with Crippen LogP contribution >= 0.6 is 28.1 Å². The lowest BCUT2D eigenvalue weighted by Gasteiger charge is -2.10. The fourth-order valence-corrected chi connectivity index (χ4v) is 2.44. The summed E-state index contributed by atoms with van der Waals surface area (Å²) in [4.78, 5) is 10.2. The highest BCUT2D eigenvalue weighted by Crippen LogP contribution is 2.26. The molecule has 0 aliphatic rings. The van der Waals surface area contributed by atoms with Gasteiger partial charge >= 0.3 is 0 Å². The summed E-state index contributed by atoms with van der Waals surface area (Å²) in [6.07, 6.45) is 1.55. The summed E-state index contributed by atoms with van der Waals surface area (Å²) >= 11 is 8.21. The Morgan fingerprint density at radius 2 is 2.04 bits per heavy atom. The molecule has 2 N–H and O–H groups in total. The van der Waals surface area contributed by atoms with E-state index in [2.05, 4.69) is 15.9 Å². The van der Waals surface area contributed by atoms with Gasteiger partial charge in [0.1, 0.15) is 23.4 Å². The molecule has 0 spiro atoms. The highest BCUT2D eigenvalue weighted by molar-refractivity contribution is 9.10. The minimum absolute atomic E-state index is 0.00351. The predicted molar refractivity (Wildman–Crippen MR) is 102 cm³/mol. The van der Waals surface area contributed by atoms with Crippen LogP contribution < -0.4 is 10.5 Å². The fourth-order valence-electron chi connectivity index (χ4n) is 1.95. The van der Waals surface area contributed by atoms with E-state index in [1.54, 1.807) is 36.4 Å². The minimum atomic E-state index is -0.457. The van der Waals surface area contributed by atoms with Crippen LogP contribution in [0.3, 0.4) is 0 Å². The van der Waals surface area contributed by atoms with Crippen LogP contribution in [0.25, 0.3) is 6.08 Å². The molecule has 0 saturated heterocycles. The maximum absolute atomic E-state index is 10.7. The number of halogens is 1. The Bertz CT molecular complexity index is 889. The number of non-ortho nitro benzene ring substituents is 1. The predicted octanol–water partition coefficient (Wildman–Crippen LogP) is 4.13. The van der Waals surface area contributed by atoms with E-state index in [1.165, 1.54) is 12.1 Å². The smallest absolute Gasteiger partial charge is 0.269 e. The topological polar surface area (TPSA) is 102 Å². The van der Waals surface area contributed by atoms with Crippen molar-refractivity contribution in [3.05, 3.63) is 73.8 Å². The zero-order valence-electron chi connectivity index (χ0n) is 12.8. The van der Waals surface area contributed by atoms with E-state index in [0.29, 0.717) is 11.3 Å². The van der Waals surface area contributed by atoms with Crippen molar-refractivity contribution >= 4 is 44.9 Å². The molecule has 25 heavy (non-hydrogen) atoms. The molecule has 6 nitrogen and oxygen atoms in total. The normalized spacial score (nSPS) is 10.8. The Hall–Kier alpha value is -2.76. The first-order valence-corrected chi connectivity index (χ1v) is 8.18. The van der Waals surface area contributed by atoms with Crippen LogP contribution in [0.2, 0.25) is 0 Å². The lowest BCUT2D eigenvalue weighted by molar-refractivity contribution is -0.384. The molecule has 0 radical (unpaired) electrons. The molecule has 0 bridgehead atoms. The molecule has 2 rings (SSSR count). The van der Waals surface area contributed by atoms with E-state index in [-0.39, 0.29) is 22.9 Å². The van der Waals surface area contributed by atoms with Crippen LogP contribution in [-0.4, -0.2) is 9.91 Å². The Morgan fingerprint density at radius 1 is 1.36 bits per heavy atom. The zero-order valence-corrected chi connectivity index (χ0v) is 15.2. The van der Waals surface area contributed by atoms with Gasteiger partial charge in [-0.15, -0.1) is 0 Å². The molecule has 0 amide bonds. The number of hydrogen-bond acceptors (Lipinski definition) is 5. The van der Waals surface area contributed by atoms with Crippen molar-refractivity contribution in [2.45, 2.75) is 6.61 Å². The Balaban J connectivity index is 2.23. The molecule has 0 atom stereocenters. The van der Waals surface area contributed by atoms with Crippen molar-refractivity contribution in [3.8, 4) is 11.8 Å². The lowest BCUT2D eigenvalue weighted by Crippen LogP contribution is -2.09. The van der Waals surface area contributed by atoms with Gasteiger partial charge in [0.05, 0.1) is 10.5 Å². The molecule has 0 aromatic heterocycles. The number of hydrogen-bond donors (Lipinski definition) is 1. The van der Waals surface area contributed by atoms with Crippen molar-refractivity contribution in [1.82, 2.24) is 0 Å². The monoisotopic (exact) mass is 417 g/mol. The van der Waals surface area contributed by atoms with Crippen molar-refractivity contribution in [2.24, 2.45) is 5.73 Å². The summed E-state index contributed by atoms with van der Waals surface area (Å²) in [5.41, 5.74) is 7.13. The van der Waals surface area contributed by atoms with Gasteiger partial charge in [-0.1, -0.05) is 28.1 Å².